The van der Waals surface area contributed by atoms with Crippen LogP contribution >= 0.6 is 12.2 Å². The summed E-state index contributed by atoms with van der Waals surface area (Å²) >= 11 is 5.91. The molecule has 0 bridgehead atoms. The molecule has 6 nitrogen and oxygen atoms in total. The molecule has 1 aliphatic rings. The highest BCUT2D eigenvalue weighted by molar-refractivity contribution is 7.80. The molecule has 7 heteroatoms. The number of nitrogens with one attached hydrogen (secondary N) is 1. The lowest BCUT2D eigenvalue weighted by Gasteiger charge is -2.28. The van der Waals surface area contributed by atoms with Crippen molar-refractivity contribution < 1.29 is 0 Å². The van der Waals surface area contributed by atoms with Crippen molar-refractivity contribution in [2.45, 2.75) is 32.9 Å². The van der Waals surface area contributed by atoms with Crippen molar-refractivity contribution in [3.8, 4) is 5.82 Å². The average molecular weight is 483 g/mol. The van der Waals surface area contributed by atoms with Crippen molar-refractivity contribution >= 4 is 28.7 Å². The van der Waals surface area contributed by atoms with Crippen LogP contribution < -0.4 is 15.1 Å². The van der Waals surface area contributed by atoms with Crippen molar-refractivity contribution in [3.05, 3.63) is 101 Å². The quantitative estimate of drug-likeness (QED) is 0.383. The second-order valence-corrected chi connectivity index (χ2v) is 9.65. The maximum atomic E-state index is 5.91. The van der Waals surface area contributed by atoms with Crippen LogP contribution in [0, 0.1) is 20.8 Å². The molecular weight excluding hydrogens is 452 g/mol. The van der Waals surface area contributed by atoms with Gasteiger partial charge in [-0.1, -0.05) is 12.1 Å². The summed E-state index contributed by atoms with van der Waals surface area (Å²) in [6, 6.07) is 20.8. The van der Waals surface area contributed by atoms with E-state index >= 15 is 0 Å². The highest BCUT2D eigenvalue weighted by Crippen LogP contribution is 2.43. The third-order valence-electron chi connectivity index (χ3n) is 6.66. The maximum absolute atomic E-state index is 5.91. The Kier molecular flexibility index (Phi) is 6.03. The fourth-order valence-electron chi connectivity index (χ4n) is 4.89. The van der Waals surface area contributed by atoms with Crippen LogP contribution in [0.25, 0.3) is 5.82 Å². The molecule has 1 aromatic carbocycles. The number of pyridine rings is 2. The minimum Gasteiger partial charge on any atom is -0.378 e. The zero-order chi connectivity index (χ0) is 24.7. The van der Waals surface area contributed by atoms with Gasteiger partial charge in [-0.2, -0.15) is 0 Å². The van der Waals surface area contributed by atoms with E-state index in [-0.39, 0.29) is 12.1 Å². The molecule has 1 N–H and O–H groups in total. The Hall–Kier alpha value is -3.71. The standard InChI is InChI=1S/C28H30N6S/c1-18-9-14-25(30-17-18)33-19(2)16-23(20(33)3)27-26(24-8-6-7-15-29-24)31-28(35)34(27)22-12-10-21(11-13-22)32(4)5/h6-17,26-27H,1-5H3,(H,31,35)/t26-,27-/m0/s1. The van der Waals surface area contributed by atoms with Crippen molar-refractivity contribution in [1.82, 2.24) is 19.9 Å². The topological polar surface area (TPSA) is 49.2 Å². The molecule has 0 spiro atoms. The molecule has 1 fully saturated rings. The first kappa shape index (κ1) is 23.1. The van der Waals surface area contributed by atoms with E-state index in [1.165, 1.54) is 5.56 Å². The summed E-state index contributed by atoms with van der Waals surface area (Å²) in [6.07, 6.45) is 3.75. The zero-order valence-corrected chi connectivity index (χ0v) is 21.5. The number of thiocarbonyl (C=S) groups is 1. The summed E-state index contributed by atoms with van der Waals surface area (Å²) in [4.78, 5) is 13.7. The number of benzene rings is 1. The van der Waals surface area contributed by atoms with Gasteiger partial charge in [0.05, 0.1) is 17.8 Å². The highest BCUT2D eigenvalue weighted by Gasteiger charge is 2.42. The van der Waals surface area contributed by atoms with Crippen LogP contribution in [0.15, 0.2) is 73.1 Å². The third kappa shape index (κ3) is 4.17. The average Bonchev–Trinajstić information content (AvgIpc) is 3.35. The van der Waals surface area contributed by atoms with Crippen LogP contribution in [0.1, 0.15) is 40.3 Å². The molecule has 0 radical (unpaired) electrons. The molecule has 0 amide bonds. The number of aryl methyl sites for hydroxylation is 2. The molecule has 5 rings (SSSR count). The molecule has 3 aromatic heterocycles. The van der Waals surface area contributed by atoms with Gasteiger partial charge in [-0.15, -0.1) is 0 Å². The van der Waals surface area contributed by atoms with Crippen molar-refractivity contribution in [1.29, 1.82) is 0 Å². The van der Waals surface area contributed by atoms with Crippen LogP contribution in [0.2, 0.25) is 0 Å². The van der Waals surface area contributed by atoms with Crippen molar-refractivity contribution in [3.63, 3.8) is 0 Å². The van der Waals surface area contributed by atoms with E-state index in [9.17, 15) is 0 Å². The predicted molar refractivity (Wildman–Crippen MR) is 146 cm³/mol. The normalized spacial score (nSPS) is 17.5. The first-order valence-electron chi connectivity index (χ1n) is 11.7. The van der Waals surface area contributed by atoms with E-state index in [0.29, 0.717) is 5.11 Å². The van der Waals surface area contributed by atoms with Crippen molar-refractivity contribution in [2.75, 3.05) is 23.9 Å². The van der Waals surface area contributed by atoms with Gasteiger partial charge in [0.15, 0.2) is 5.11 Å². The van der Waals surface area contributed by atoms with Gasteiger partial charge in [0, 0.05) is 49.3 Å². The minimum absolute atomic E-state index is 0.0620. The summed E-state index contributed by atoms with van der Waals surface area (Å²) in [7, 11) is 4.09. The first-order valence-corrected chi connectivity index (χ1v) is 12.2. The van der Waals surface area contributed by atoms with Crippen LogP contribution in [0.5, 0.6) is 0 Å². The Bertz CT molecular complexity index is 1340. The van der Waals surface area contributed by atoms with E-state index in [2.05, 4.69) is 94.0 Å². The second kappa shape index (κ2) is 9.15. The summed E-state index contributed by atoms with van der Waals surface area (Å²) in [6.45, 7) is 6.35. The molecule has 178 valence electrons. The van der Waals surface area contributed by atoms with Crippen LogP contribution in [-0.4, -0.2) is 33.7 Å². The minimum atomic E-state index is -0.0860. The Balaban J connectivity index is 1.65. The molecule has 1 aliphatic heterocycles. The number of rotatable bonds is 5. The third-order valence-corrected chi connectivity index (χ3v) is 6.97. The lowest BCUT2D eigenvalue weighted by molar-refractivity contribution is 0.565. The van der Waals surface area contributed by atoms with Crippen LogP contribution in [0.4, 0.5) is 11.4 Å². The molecule has 4 aromatic rings. The second-order valence-electron chi connectivity index (χ2n) is 9.26. The first-order chi connectivity index (χ1) is 16.8. The largest absolute Gasteiger partial charge is 0.378 e. The fourth-order valence-corrected chi connectivity index (χ4v) is 5.24. The van der Waals surface area contributed by atoms with E-state index in [1.54, 1.807) is 0 Å². The Labute approximate surface area is 212 Å². The Morgan fingerprint density at radius 1 is 0.943 bits per heavy atom. The molecule has 35 heavy (non-hydrogen) atoms. The van der Waals surface area contributed by atoms with Gasteiger partial charge in [0.25, 0.3) is 0 Å². The summed E-state index contributed by atoms with van der Waals surface area (Å²) in [5, 5.41) is 4.26. The van der Waals surface area contributed by atoms with Gasteiger partial charge < -0.3 is 19.7 Å². The predicted octanol–water partition coefficient (Wildman–Crippen LogP) is 5.44. The number of hydrogen-bond acceptors (Lipinski definition) is 4. The van der Waals surface area contributed by atoms with Crippen molar-refractivity contribution in [2.24, 2.45) is 0 Å². The molecule has 0 aliphatic carbocycles. The Morgan fingerprint density at radius 3 is 2.34 bits per heavy atom. The van der Waals surface area contributed by atoms with Gasteiger partial charge in [-0.3, -0.25) is 4.98 Å². The number of aromatic nitrogens is 3. The van der Waals surface area contributed by atoms with Crippen LogP contribution in [0.3, 0.4) is 0 Å². The number of nitrogens with zero attached hydrogens (tertiary/aromatic N) is 5. The molecule has 0 saturated carbocycles. The maximum Gasteiger partial charge on any atom is 0.174 e. The molecule has 4 heterocycles. The van der Waals surface area contributed by atoms with E-state index in [1.807, 2.05) is 38.6 Å². The molecule has 2 atom stereocenters. The molecule has 1 saturated heterocycles. The lowest BCUT2D eigenvalue weighted by Crippen LogP contribution is -2.29. The summed E-state index contributed by atoms with van der Waals surface area (Å²) < 4.78 is 2.22. The fraction of sp³-hybridized carbons (Fsp3) is 0.250. The SMILES string of the molecule is Cc1ccc(-n2c(C)cc([C@H]3[C@H](c4ccccn4)NC(=S)N3c3ccc(N(C)C)cc3)c2C)nc1. The zero-order valence-electron chi connectivity index (χ0n) is 20.7. The summed E-state index contributed by atoms with van der Waals surface area (Å²) in [5.74, 6) is 0.918. The van der Waals surface area contributed by atoms with Crippen LogP contribution in [-0.2, 0) is 0 Å². The highest BCUT2D eigenvalue weighted by atomic mass is 32.1. The van der Waals surface area contributed by atoms with Gasteiger partial charge in [0.1, 0.15) is 5.82 Å². The monoisotopic (exact) mass is 482 g/mol. The van der Waals surface area contributed by atoms with E-state index in [4.69, 9.17) is 17.2 Å². The number of anilines is 2. The number of hydrogen-bond donors (Lipinski definition) is 1. The smallest absolute Gasteiger partial charge is 0.174 e. The van der Waals surface area contributed by atoms with E-state index < -0.39 is 0 Å². The van der Waals surface area contributed by atoms with E-state index in [0.717, 1.165) is 39.8 Å². The Morgan fingerprint density at radius 2 is 1.71 bits per heavy atom. The van der Waals surface area contributed by atoms with Gasteiger partial charge >= 0.3 is 0 Å². The molecular formula is C28H30N6S. The lowest BCUT2D eigenvalue weighted by atomic mass is 9.96. The van der Waals surface area contributed by atoms with Gasteiger partial charge in [-0.05, 0) is 92.6 Å². The molecule has 0 unspecified atom stereocenters. The summed E-state index contributed by atoms with van der Waals surface area (Å²) in [5.41, 5.74) is 7.78. The van der Waals surface area contributed by atoms with Gasteiger partial charge in [-0.25, -0.2) is 4.98 Å². The van der Waals surface area contributed by atoms with Gasteiger partial charge in [0.2, 0.25) is 0 Å².